The highest BCUT2D eigenvalue weighted by Gasteiger charge is 2.14. The van der Waals surface area contributed by atoms with E-state index in [0.717, 1.165) is 6.07 Å². The minimum absolute atomic E-state index is 0.109. The first-order valence-electron chi connectivity index (χ1n) is 5.61. The zero-order valence-electron chi connectivity index (χ0n) is 10.4. The van der Waals surface area contributed by atoms with E-state index in [-0.39, 0.29) is 5.56 Å². The Hall–Kier alpha value is -1.78. The number of hydrogen-bond acceptors (Lipinski definition) is 2. The number of amides is 1. The number of methoxy groups -OCH3 is 1. The molecule has 0 aliphatic carbocycles. The van der Waals surface area contributed by atoms with Crippen molar-refractivity contribution in [3.8, 4) is 5.75 Å². The number of anilines is 1. The Morgan fingerprint density at radius 3 is 2.60 bits per heavy atom. The van der Waals surface area contributed by atoms with Gasteiger partial charge < -0.3 is 10.1 Å². The number of ether oxygens (including phenoxy) is 1. The molecule has 2 aromatic carbocycles. The fourth-order valence-corrected chi connectivity index (χ4v) is 1.93. The Bertz CT molecular complexity index is 662. The van der Waals surface area contributed by atoms with Crippen LogP contribution in [0.25, 0.3) is 0 Å². The van der Waals surface area contributed by atoms with Crippen molar-refractivity contribution in [2.75, 3.05) is 12.4 Å². The van der Waals surface area contributed by atoms with Crippen LogP contribution in [0.15, 0.2) is 36.4 Å². The van der Waals surface area contributed by atoms with E-state index in [1.807, 2.05) is 0 Å². The molecule has 0 bridgehead atoms. The van der Waals surface area contributed by atoms with Crippen LogP contribution >= 0.6 is 23.2 Å². The van der Waals surface area contributed by atoms with Crippen molar-refractivity contribution >= 4 is 34.8 Å². The van der Waals surface area contributed by atoms with Crippen LogP contribution in [0.5, 0.6) is 5.75 Å². The van der Waals surface area contributed by atoms with Crippen LogP contribution in [0.2, 0.25) is 10.0 Å². The predicted octanol–water partition coefficient (Wildman–Crippen LogP) is 4.39. The summed E-state index contributed by atoms with van der Waals surface area (Å²) in [6.07, 6.45) is 0. The fraction of sp³-hybridized carbons (Fsp3) is 0.0714. The molecule has 2 rings (SSSR count). The van der Waals surface area contributed by atoms with Crippen LogP contribution < -0.4 is 10.1 Å². The van der Waals surface area contributed by atoms with E-state index in [0.29, 0.717) is 21.5 Å². The zero-order chi connectivity index (χ0) is 14.7. The molecule has 0 aromatic heterocycles. The maximum atomic E-state index is 13.8. The maximum Gasteiger partial charge on any atom is 0.258 e. The number of nitrogens with one attached hydrogen (secondary N) is 1. The Morgan fingerprint density at radius 1 is 1.20 bits per heavy atom. The highest BCUT2D eigenvalue weighted by Crippen LogP contribution is 2.26. The molecule has 0 saturated heterocycles. The lowest BCUT2D eigenvalue weighted by atomic mass is 10.2. The lowest BCUT2D eigenvalue weighted by Crippen LogP contribution is -2.14. The predicted molar refractivity (Wildman–Crippen MR) is 77.4 cm³/mol. The van der Waals surface area contributed by atoms with Gasteiger partial charge in [0, 0.05) is 11.1 Å². The fourth-order valence-electron chi connectivity index (χ4n) is 1.59. The quantitative estimate of drug-likeness (QED) is 0.912. The van der Waals surface area contributed by atoms with Crippen molar-refractivity contribution in [1.29, 1.82) is 0 Å². The molecule has 1 N–H and O–H groups in total. The maximum absolute atomic E-state index is 13.8. The lowest BCUT2D eigenvalue weighted by Gasteiger charge is -2.09. The zero-order valence-corrected chi connectivity index (χ0v) is 11.9. The van der Waals surface area contributed by atoms with Gasteiger partial charge in [-0.25, -0.2) is 4.39 Å². The van der Waals surface area contributed by atoms with Crippen molar-refractivity contribution in [2.24, 2.45) is 0 Å². The van der Waals surface area contributed by atoms with E-state index >= 15 is 0 Å². The SMILES string of the molecule is COc1ccc(C(=O)Nc2cc(Cl)ccc2Cl)c(F)c1. The monoisotopic (exact) mass is 313 g/mol. The number of carbonyl (C=O) groups is 1. The minimum atomic E-state index is -0.681. The van der Waals surface area contributed by atoms with E-state index in [1.54, 1.807) is 12.1 Å². The van der Waals surface area contributed by atoms with Gasteiger partial charge in [-0.3, -0.25) is 4.79 Å². The second kappa shape index (κ2) is 6.11. The summed E-state index contributed by atoms with van der Waals surface area (Å²) in [6.45, 7) is 0. The number of halogens is 3. The average molecular weight is 314 g/mol. The van der Waals surface area contributed by atoms with Gasteiger partial charge in [-0.2, -0.15) is 0 Å². The molecule has 0 atom stereocenters. The average Bonchev–Trinajstić information content (AvgIpc) is 2.42. The summed E-state index contributed by atoms with van der Waals surface area (Å²) < 4.78 is 18.6. The van der Waals surface area contributed by atoms with Crippen molar-refractivity contribution in [3.05, 3.63) is 57.8 Å². The van der Waals surface area contributed by atoms with E-state index in [9.17, 15) is 9.18 Å². The van der Waals surface area contributed by atoms with E-state index in [2.05, 4.69) is 5.32 Å². The number of carbonyl (C=O) groups excluding carboxylic acids is 1. The summed E-state index contributed by atoms with van der Waals surface area (Å²) in [5.74, 6) is -0.964. The highest BCUT2D eigenvalue weighted by atomic mass is 35.5. The molecule has 0 unspecified atom stereocenters. The third kappa shape index (κ3) is 3.21. The molecule has 0 aliphatic heterocycles. The molecule has 0 fully saturated rings. The smallest absolute Gasteiger partial charge is 0.258 e. The molecular weight excluding hydrogens is 304 g/mol. The summed E-state index contributed by atoms with van der Waals surface area (Å²) in [5, 5.41) is 3.24. The Morgan fingerprint density at radius 2 is 1.95 bits per heavy atom. The van der Waals surface area contributed by atoms with Crippen LogP contribution in [0.3, 0.4) is 0 Å². The molecule has 0 heterocycles. The van der Waals surface area contributed by atoms with Gasteiger partial charge in [-0.1, -0.05) is 23.2 Å². The molecular formula is C14H10Cl2FNO2. The second-order valence-electron chi connectivity index (χ2n) is 3.92. The topological polar surface area (TPSA) is 38.3 Å². The van der Waals surface area contributed by atoms with E-state index in [4.69, 9.17) is 27.9 Å². The Balaban J connectivity index is 2.26. The first kappa shape index (κ1) is 14.6. The van der Waals surface area contributed by atoms with Crippen LogP contribution in [-0.2, 0) is 0 Å². The van der Waals surface area contributed by atoms with Gasteiger partial charge in [0.25, 0.3) is 5.91 Å². The Kier molecular flexibility index (Phi) is 4.47. The highest BCUT2D eigenvalue weighted by molar-refractivity contribution is 6.35. The second-order valence-corrected chi connectivity index (χ2v) is 4.77. The van der Waals surface area contributed by atoms with E-state index < -0.39 is 11.7 Å². The van der Waals surface area contributed by atoms with Gasteiger partial charge in [0.05, 0.1) is 23.4 Å². The molecule has 0 spiro atoms. The van der Waals surface area contributed by atoms with Gasteiger partial charge in [0.1, 0.15) is 11.6 Å². The molecule has 20 heavy (non-hydrogen) atoms. The summed E-state index contributed by atoms with van der Waals surface area (Å²) in [5.41, 5.74) is 0.209. The Labute approximate surface area is 125 Å². The molecule has 2 aromatic rings. The lowest BCUT2D eigenvalue weighted by molar-refractivity contribution is 0.102. The standard InChI is InChI=1S/C14H10Cl2FNO2/c1-20-9-3-4-10(12(17)7-9)14(19)18-13-6-8(15)2-5-11(13)16/h2-7H,1H3,(H,18,19). The summed E-state index contributed by atoms with van der Waals surface area (Å²) in [4.78, 5) is 12.0. The summed E-state index contributed by atoms with van der Waals surface area (Å²) in [7, 11) is 1.42. The third-order valence-corrected chi connectivity index (χ3v) is 3.16. The van der Waals surface area contributed by atoms with Gasteiger partial charge in [0.15, 0.2) is 0 Å². The number of benzene rings is 2. The molecule has 0 aliphatic rings. The van der Waals surface area contributed by atoms with Gasteiger partial charge in [0.2, 0.25) is 0 Å². The number of rotatable bonds is 3. The first-order chi connectivity index (χ1) is 9.51. The largest absolute Gasteiger partial charge is 0.497 e. The van der Waals surface area contributed by atoms with Crippen molar-refractivity contribution in [2.45, 2.75) is 0 Å². The third-order valence-electron chi connectivity index (χ3n) is 2.60. The van der Waals surface area contributed by atoms with Gasteiger partial charge in [-0.05, 0) is 30.3 Å². The van der Waals surface area contributed by atoms with Crippen molar-refractivity contribution < 1.29 is 13.9 Å². The van der Waals surface area contributed by atoms with Gasteiger partial charge in [-0.15, -0.1) is 0 Å². The normalized spacial score (nSPS) is 10.2. The van der Waals surface area contributed by atoms with Crippen LogP contribution in [0, 0.1) is 5.82 Å². The first-order valence-corrected chi connectivity index (χ1v) is 6.37. The molecule has 0 radical (unpaired) electrons. The van der Waals surface area contributed by atoms with Crippen molar-refractivity contribution in [1.82, 2.24) is 0 Å². The molecule has 3 nitrogen and oxygen atoms in total. The summed E-state index contributed by atoms with van der Waals surface area (Å²) >= 11 is 11.7. The minimum Gasteiger partial charge on any atom is -0.497 e. The number of hydrogen-bond donors (Lipinski definition) is 1. The molecule has 6 heteroatoms. The van der Waals surface area contributed by atoms with E-state index in [1.165, 1.54) is 25.3 Å². The van der Waals surface area contributed by atoms with Crippen LogP contribution in [-0.4, -0.2) is 13.0 Å². The van der Waals surface area contributed by atoms with Crippen LogP contribution in [0.1, 0.15) is 10.4 Å². The molecule has 104 valence electrons. The molecule has 1 amide bonds. The van der Waals surface area contributed by atoms with Crippen LogP contribution in [0.4, 0.5) is 10.1 Å². The summed E-state index contributed by atoms with van der Waals surface area (Å²) in [6, 6.07) is 8.59. The molecule has 0 saturated carbocycles. The van der Waals surface area contributed by atoms with Crippen molar-refractivity contribution in [3.63, 3.8) is 0 Å². The van der Waals surface area contributed by atoms with Gasteiger partial charge >= 0.3 is 0 Å².